The standard InChI is InChI=1S/C11H17F3NO3P/c1-4-10(9(7-8-15)11(12,13)14)19(16,17-5-2)18-6-3/h7,10H,4-6H2,1-3H3/b9-7-. The molecule has 19 heavy (non-hydrogen) atoms. The third-order valence-corrected chi connectivity index (χ3v) is 4.94. The first kappa shape index (κ1) is 18.2. The van der Waals surface area contributed by atoms with Crippen molar-refractivity contribution >= 4 is 7.60 Å². The minimum atomic E-state index is -4.75. The van der Waals surface area contributed by atoms with Gasteiger partial charge in [-0.3, -0.25) is 4.57 Å². The van der Waals surface area contributed by atoms with Crippen LogP contribution in [-0.4, -0.2) is 25.0 Å². The Morgan fingerprint density at radius 3 is 2.05 bits per heavy atom. The molecule has 0 bridgehead atoms. The highest BCUT2D eigenvalue weighted by Crippen LogP contribution is 2.58. The maximum Gasteiger partial charge on any atom is 0.414 e. The molecule has 1 unspecified atom stereocenters. The van der Waals surface area contributed by atoms with Gasteiger partial charge in [0.1, 0.15) is 0 Å². The Kier molecular flexibility index (Phi) is 7.35. The van der Waals surface area contributed by atoms with Crippen LogP contribution in [0.25, 0.3) is 0 Å². The van der Waals surface area contributed by atoms with Crippen molar-refractivity contribution in [3.05, 3.63) is 11.6 Å². The second-order valence-corrected chi connectivity index (χ2v) is 5.75. The molecule has 0 aliphatic rings. The highest BCUT2D eigenvalue weighted by atomic mass is 31.2. The molecule has 0 aromatic heterocycles. The summed E-state index contributed by atoms with van der Waals surface area (Å²) in [6.45, 7) is 4.39. The SMILES string of the molecule is CCOP(=O)(OCC)C(CC)/C(=C/C#N)C(F)(F)F. The van der Waals surface area contributed by atoms with Crippen LogP contribution < -0.4 is 0 Å². The lowest BCUT2D eigenvalue weighted by Gasteiger charge is -2.28. The van der Waals surface area contributed by atoms with Gasteiger partial charge in [-0.05, 0) is 20.3 Å². The maximum atomic E-state index is 12.9. The third-order valence-electron chi connectivity index (χ3n) is 2.29. The van der Waals surface area contributed by atoms with Crippen LogP contribution in [-0.2, 0) is 13.6 Å². The summed E-state index contributed by atoms with van der Waals surface area (Å²) in [5.41, 5.74) is -2.67. The summed E-state index contributed by atoms with van der Waals surface area (Å²) >= 11 is 0. The van der Waals surface area contributed by atoms with E-state index >= 15 is 0 Å². The highest BCUT2D eigenvalue weighted by molar-refractivity contribution is 7.55. The quantitative estimate of drug-likeness (QED) is 0.525. The number of hydrogen-bond donors (Lipinski definition) is 0. The molecule has 0 aliphatic carbocycles. The Hall–Kier alpha value is -0.830. The first-order chi connectivity index (χ1) is 8.76. The summed E-state index contributed by atoms with van der Waals surface area (Å²) < 4.78 is 61.0. The Balaban J connectivity index is 5.65. The van der Waals surface area contributed by atoms with Gasteiger partial charge in [-0.25, -0.2) is 0 Å². The Morgan fingerprint density at radius 1 is 1.32 bits per heavy atom. The molecule has 1 atom stereocenters. The largest absolute Gasteiger partial charge is 0.414 e. The number of alkyl halides is 3. The van der Waals surface area contributed by atoms with Crippen LogP contribution in [0, 0.1) is 11.3 Å². The van der Waals surface area contributed by atoms with Gasteiger partial charge in [0.15, 0.2) is 0 Å². The molecule has 0 saturated heterocycles. The van der Waals surface area contributed by atoms with Gasteiger partial charge < -0.3 is 9.05 Å². The van der Waals surface area contributed by atoms with Crippen molar-refractivity contribution in [2.24, 2.45) is 0 Å². The fourth-order valence-corrected chi connectivity index (χ4v) is 3.79. The monoisotopic (exact) mass is 299 g/mol. The summed E-state index contributed by atoms with van der Waals surface area (Å²) in [4.78, 5) is 0. The van der Waals surface area contributed by atoms with Crippen molar-refractivity contribution in [3.8, 4) is 6.07 Å². The van der Waals surface area contributed by atoms with E-state index < -0.39 is 25.0 Å². The predicted octanol–water partition coefficient (Wildman–Crippen LogP) is 4.04. The van der Waals surface area contributed by atoms with Crippen molar-refractivity contribution in [3.63, 3.8) is 0 Å². The van der Waals surface area contributed by atoms with Gasteiger partial charge >= 0.3 is 13.8 Å². The molecule has 0 radical (unpaired) electrons. The van der Waals surface area contributed by atoms with E-state index in [2.05, 4.69) is 0 Å². The molecule has 0 aromatic carbocycles. The number of hydrogen-bond acceptors (Lipinski definition) is 4. The summed E-state index contributed by atoms with van der Waals surface area (Å²) in [5.74, 6) is 0. The predicted molar refractivity (Wildman–Crippen MR) is 64.7 cm³/mol. The summed E-state index contributed by atoms with van der Waals surface area (Å²) in [7, 11) is -3.95. The van der Waals surface area contributed by atoms with Gasteiger partial charge in [-0.15, -0.1) is 0 Å². The van der Waals surface area contributed by atoms with Crippen LogP contribution in [0.5, 0.6) is 0 Å². The molecular weight excluding hydrogens is 282 g/mol. The van der Waals surface area contributed by atoms with Crippen molar-refractivity contribution in [1.29, 1.82) is 5.26 Å². The zero-order chi connectivity index (χ0) is 15.1. The van der Waals surface area contributed by atoms with E-state index in [1.54, 1.807) is 0 Å². The topological polar surface area (TPSA) is 59.3 Å². The van der Waals surface area contributed by atoms with Gasteiger partial charge in [0.05, 0.1) is 30.5 Å². The Morgan fingerprint density at radius 2 is 1.79 bits per heavy atom. The highest BCUT2D eigenvalue weighted by Gasteiger charge is 2.47. The van der Waals surface area contributed by atoms with Crippen molar-refractivity contribution in [2.75, 3.05) is 13.2 Å². The molecule has 0 rings (SSSR count). The third kappa shape index (κ3) is 4.98. The van der Waals surface area contributed by atoms with E-state index in [-0.39, 0.29) is 19.6 Å². The Labute approximate surface area is 110 Å². The molecule has 110 valence electrons. The fraction of sp³-hybridized carbons (Fsp3) is 0.727. The van der Waals surface area contributed by atoms with E-state index in [1.165, 1.54) is 26.8 Å². The zero-order valence-electron chi connectivity index (χ0n) is 11.0. The fourth-order valence-electron chi connectivity index (χ4n) is 1.63. The van der Waals surface area contributed by atoms with Crippen molar-refractivity contribution < 1.29 is 26.8 Å². The van der Waals surface area contributed by atoms with E-state index in [9.17, 15) is 17.7 Å². The molecule has 4 nitrogen and oxygen atoms in total. The minimum Gasteiger partial charge on any atom is -0.308 e. The average Bonchev–Trinajstić information content (AvgIpc) is 2.28. The zero-order valence-corrected chi connectivity index (χ0v) is 11.9. The minimum absolute atomic E-state index is 0.0362. The van der Waals surface area contributed by atoms with Crippen molar-refractivity contribution in [2.45, 2.75) is 39.0 Å². The van der Waals surface area contributed by atoms with Gasteiger partial charge in [-0.1, -0.05) is 6.92 Å². The second kappa shape index (κ2) is 7.68. The van der Waals surface area contributed by atoms with Crippen LogP contribution in [0.1, 0.15) is 27.2 Å². The van der Waals surface area contributed by atoms with Gasteiger partial charge in [0, 0.05) is 6.08 Å². The number of halogens is 3. The van der Waals surface area contributed by atoms with Crippen LogP contribution in [0.4, 0.5) is 13.2 Å². The van der Waals surface area contributed by atoms with E-state index in [1.807, 2.05) is 0 Å². The summed E-state index contributed by atoms with van der Waals surface area (Å²) in [5, 5.41) is 8.47. The number of allylic oxidation sites excluding steroid dienone is 2. The van der Waals surface area contributed by atoms with Gasteiger partial charge in [0.25, 0.3) is 0 Å². The lowest BCUT2D eigenvalue weighted by molar-refractivity contribution is -0.0943. The van der Waals surface area contributed by atoms with Crippen LogP contribution >= 0.6 is 7.60 Å². The van der Waals surface area contributed by atoms with Crippen LogP contribution in [0.3, 0.4) is 0 Å². The average molecular weight is 299 g/mol. The van der Waals surface area contributed by atoms with E-state index in [0.29, 0.717) is 6.08 Å². The number of nitrogens with zero attached hydrogens (tertiary/aromatic N) is 1. The van der Waals surface area contributed by atoms with Crippen LogP contribution in [0.2, 0.25) is 0 Å². The number of rotatable bonds is 7. The molecule has 0 N–H and O–H groups in total. The lowest BCUT2D eigenvalue weighted by Crippen LogP contribution is -2.25. The second-order valence-electron chi connectivity index (χ2n) is 3.53. The molecule has 0 fully saturated rings. The number of nitriles is 1. The molecule has 0 aromatic rings. The molecule has 0 amide bonds. The van der Waals surface area contributed by atoms with Gasteiger partial charge in [-0.2, -0.15) is 18.4 Å². The van der Waals surface area contributed by atoms with Crippen LogP contribution in [0.15, 0.2) is 11.6 Å². The lowest BCUT2D eigenvalue weighted by atomic mass is 10.1. The van der Waals surface area contributed by atoms with E-state index in [0.717, 1.165) is 0 Å². The van der Waals surface area contributed by atoms with E-state index in [4.69, 9.17) is 14.3 Å². The Bertz CT molecular complexity index is 391. The smallest absolute Gasteiger partial charge is 0.308 e. The molecule has 0 aliphatic heterocycles. The van der Waals surface area contributed by atoms with Crippen molar-refractivity contribution in [1.82, 2.24) is 0 Å². The summed E-state index contributed by atoms with van der Waals surface area (Å²) in [6, 6.07) is 1.33. The molecule has 0 saturated carbocycles. The normalized spacial score (nSPS) is 15.1. The molecule has 0 heterocycles. The molecule has 0 spiro atoms. The first-order valence-electron chi connectivity index (χ1n) is 5.82. The first-order valence-corrected chi connectivity index (χ1v) is 7.43. The van der Waals surface area contributed by atoms with Gasteiger partial charge in [0.2, 0.25) is 0 Å². The molecule has 8 heteroatoms. The summed E-state index contributed by atoms with van der Waals surface area (Å²) in [6.07, 6.45) is -4.50. The maximum absolute atomic E-state index is 12.9. The molecular formula is C11H17F3NO3P.